The average Bonchev–Trinajstić information content (AvgIpc) is 3.04. The summed E-state index contributed by atoms with van der Waals surface area (Å²) in [4.78, 5) is 14.6. The van der Waals surface area contributed by atoms with Crippen LogP contribution in [0.2, 0.25) is 0 Å². The van der Waals surface area contributed by atoms with Crippen LogP contribution in [-0.4, -0.2) is 16.7 Å². The van der Waals surface area contributed by atoms with Crippen LogP contribution in [-0.2, 0) is 0 Å². The summed E-state index contributed by atoms with van der Waals surface area (Å²) in [5.41, 5.74) is 16.8. The second kappa shape index (κ2) is 9.79. The molecule has 0 aliphatic carbocycles. The first-order valence-electron chi connectivity index (χ1n) is 16.0. The number of aryl methyl sites for hydroxylation is 5. The molecule has 2 aliphatic heterocycles. The lowest BCUT2D eigenvalue weighted by atomic mass is 9.33. The van der Waals surface area contributed by atoms with E-state index in [9.17, 15) is 0 Å². The molecule has 46 heavy (non-hydrogen) atoms. The quantitative estimate of drug-likeness (QED) is 0.189. The number of fused-ring (bicyclic) bond motifs is 7. The predicted molar refractivity (Wildman–Crippen MR) is 195 cm³/mol. The minimum Gasteiger partial charge on any atom is -0.306 e. The first kappa shape index (κ1) is 26.9. The van der Waals surface area contributed by atoms with E-state index in [4.69, 9.17) is 9.97 Å². The standard InChI is InChI=1S/C41H33BN4/c1-24-16-25(2)39(26(3)17-24)42-34-18-28(5)44-23-38(34)46-36-20-30-11-7-6-10-29(30)19-35(36)45(32-15-14-27(4)43-22-32)37-21-31-12-8-9-13-33(31)40(42)41(37)46/h6-23H,1-5H3. The van der Waals surface area contributed by atoms with Crippen LogP contribution in [0.25, 0.3) is 21.5 Å². The molecule has 2 aromatic heterocycles. The van der Waals surface area contributed by atoms with E-state index >= 15 is 0 Å². The number of hydrogen-bond donors (Lipinski definition) is 0. The maximum atomic E-state index is 4.92. The zero-order chi connectivity index (χ0) is 31.3. The molecular weight excluding hydrogens is 559 g/mol. The van der Waals surface area contributed by atoms with Crippen LogP contribution in [0.15, 0.2) is 109 Å². The highest BCUT2D eigenvalue weighted by molar-refractivity contribution is 7.00. The van der Waals surface area contributed by atoms with Gasteiger partial charge in [0, 0.05) is 11.4 Å². The summed E-state index contributed by atoms with van der Waals surface area (Å²) >= 11 is 0. The Hall–Kier alpha value is -5.42. The topological polar surface area (TPSA) is 32.3 Å². The molecule has 4 nitrogen and oxygen atoms in total. The summed E-state index contributed by atoms with van der Waals surface area (Å²) in [6.07, 6.45) is 4.11. The fraction of sp³-hybridized carbons (Fsp3) is 0.122. The van der Waals surface area contributed by atoms with Gasteiger partial charge >= 0.3 is 0 Å². The van der Waals surface area contributed by atoms with Gasteiger partial charge in [0.2, 0.25) is 6.71 Å². The summed E-state index contributed by atoms with van der Waals surface area (Å²) in [7, 11) is 0. The van der Waals surface area contributed by atoms with E-state index in [0.29, 0.717) is 0 Å². The zero-order valence-corrected chi connectivity index (χ0v) is 26.8. The molecule has 220 valence electrons. The van der Waals surface area contributed by atoms with Gasteiger partial charge in [0.05, 0.1) is 46.5 Å². The molecule has 7 aromatic rings. The zero-order valence-electron chi connectivity index (χ0n) is 26.8. The molecule has 0 fully saturated rings. The van der Waals surface area contributed by atoms with Crippen molar-refractivity contribution in [3.63, 3.8) is 0 Å². The molecule has 0 atom stereocenters. The maximum absolute atomic E-state index is 4.92. The van der Waals surface area contributed by atoms with E-state index in [1.807, 2.05) is 13.1 Å². The summed E-state index contributed by atoms with van der Waals surface area (Å²) in [5.74, 6) is 0. The van der Waals surface area contributed by atoms with Gasteiger partial charge in [-0.1, -0.05) is 82.8 Å². The molecule has 0 N–H and O–H groups in total. The van der Waals surface area contributed by atoms with E-state index in [2.05, 4.69) is 141 Å². The Morgan fingerprint density at radius 3 is 1.85 bits per heavy atom. The fourth-order valence-corrected chi connectivity index (χ4v) is 8.09. The molecule has 0 saturated heterocycles. The first-order chi connectivity index (χ1) is 22.4. The molecule has 0 saturated carbocycles. The van der Waals surface area contributed by atoms with E-state index in [1.54, 1.807) is 0 Å². The van der Waals surface area contributed by atoms with Crippen molar-refractivity contribution in [1.29, 1.82) is 0 Å². The lowest BCUT2D eigenvalue weighted by molar-refractivity contribution is 1.13. The average molecular weight is 593 g/mol. The number of anilines is 6. The van der Waals surface area contributed by atoms with E-state index in [-0.39, 0.29) is 6.71 Å². The molecule has 5 aromatic carbocycles. The molecule has 4 heterocycles. The Balaban J connectivity index is 1.49. The molecule has 5 heteroatoms. The van der Waals surface area contributed by atoms with Gasteiger partial charge in [0.25, 0.3) is 0 Å². The summed E-state index contributed by atoms with van der Waals surface area (Å²) < 4.78 is 0. The Labute approximate surface area is 270 Å². The summed E-state index contributed by atoms with van der Waals surface area (Å²) in [6.45, 7) is 10.9. The highest BCUT2D eigenvalue weighted by Gasteiger charge is 2.44. The van der Waals surface area contributed by atoms with Gasteiger partial charge < -0.3 is 9.80 Å². The SMILES string of the molecule is Cc1cc(C)c(B2c3cc(C)ncc3N3c4cc5ccccc5cc4N(c4ccc(C)nc4)c4cc5ccccc5c2c43)c(C)c1. The molecule has 0 bridgehead atoms. The Bertz CT molecular complexity index is 2370. The molecule has 0 spiro atoms. The van der Waals surface area contributed by atoms with Gasteiger partial charge in [-0.05, 0) is 103 Å². The molecule has 2 aliphatic rings. The predicted octanol–water partition coefficient (Wildman–Crippen LogP) is 8.41. The molecule has 9 rings (SSSR count). The molecule has 0 amide bonds. The second-order valence-electron chi connectivity index (χ2n) is 13.0. The van der Waals surface area contributed by atoms with Crippen molar-refractivity contribution in [2.75, 3.05) is 9.80 Å². The Morgan fingerprint density at radius 2 is 1.15 bits per heavy atom. The van der Waals surface area contributed by atoms with Crippen molar-refractivity contribution in [1.82, 2.24) is 9.97 Å². The number of pyridine rings is 2. The van der Waals surface area contributed by atoms with Crippen LogP contribution in [0.4, 0.5) is 34.1 Å². The van der Waals surface area contributed by atoms with Crippen LogP contribution in [0.1, 0.15) is 28.1 Å². The van der Waals surface area contributed by atoms with Crippen molar-refractivity contribution in [3.05, 3.63) is 138 Å². The van der Waals surface area contributed by atoms with Crippen LogP contribution in [0.5, 0.6) is 0 Å². The Kier molecular flexibility index (Phi) is 5.73. The molecular formula is C41H33BN4. The van der Waals surface area contributed by atoms with Gasteiger partial charge in [-0.3, -0.25) is 9.97 Å². The third-order valence-electron chi connectivity index (χ3n) is 9.90. The smallest absolute Gasteiger partial charge is 0.248 e. The summed E-state index contributed by atoms with van der Waals surface area (Å²) in [6, 6.07) is 35.9. The number of benzene rings is 5. The van der Waals surface area contributed by atoms with Crippen molar-refractivity contribution < 1.29 is 0 Å². The van der Waals surface area contributed by atoms with Gasteiger partial charge in [0.1, 0.15) is 0 Å². The lowest BCUT2D eigenvalue weighted by Gasteiger charge is -2.46. The van der Waals surface area contributed by atoms with Gasteiger partial charge in [-0.25, -0.2) is 0 Å². The van der Waals surface area contributed by atoms with E-state index in [1.165, 1.54) is 60.3 Å². The van der Waals surface area contributed by atoms with Crippen LogP contribution in [0, 0.1) is 34.6 Å². The monoisotopic (exact) mass is 592 g/mol. The van der Waals surface area contributed by atoms with Gasteiger partial charge in [-0.15, -0.1) is 0 Å². The fourth-order valence-electron chi connectivity index (χ4n) is 8.09. The van der Waals surface area contributed by atoms with E-state index < -0.39 is 0 Å². The second-order valence-corrected chi connectivity index (χ2v) is 13.0. The van der Waals surface area contributed by atoms with Gasteiger partial charge in [0.15, 0.2) is 0 Å². The lowest BCUT2D eigenvalue weighted by Crippen LogP contribution is -2.59. The van der Waals surface area contributed by atoms with Crippen molar-refractivity contribution in [3.8, 4) is 0 Å². The molecule has 0 unspecified atom stereocenters. The highest BCUT2D eigenvalue weighted by Crippen LogP contribution is 2.56. The van der Waals surface area contributed by atoms with Crippen molar-refractivity contribution in [2.24, 2.45) is 0 Å². The maximum Gasteiger partial charge on any atom is 0.248 e. The minimum absolute atomic E-state index is 0.0356. The highest BCUT2D eigenvalue weighted by atomic mass is 15.3. The number of rotatable bonds is 2. The number of aromatic nitrogens is 2. The number of hydrogen-bond acceptors (Lipinski definition) is 4. The largest absolute Gasteiger partial charge is 0.306 e. The van der Waals surface area contributed by atoms with Gasteiger partial charge in [-0.2, -0.15) is 0 Å². The molecule has 0 radical (unpaired) electrons. The third kappa shape index (κ3) is 3.81. The van der Waals surface area contributed by atoms with E-state index in [0.717, 1.165) is 39.8 Å². The summed E-state index contributed by atoms with van der Waals surface area (Å²) in [5, 5.41) is 4.93. The van der Waals surface area contributed by atoms with Crippen molar-refractivity contribution in [2.45, 2.75) is 34.6 Å². The van der Waals surface area contributed by atoms with Crippen LogP contribution >= 0.6 is 0 Å². The number of nitrogens with zero attached hydrogens (tertiary/aromatic N) is 4. The van der Waals surface area contributed by atoms with Crippen LogP contribution < -0.4 is 26.2 Å². The van der Waals surface area contributed by atoms with Crippen LogP contribution in [0.3, 0.4) is 0 Å². The minimum atomic E-state index is 0.0356. The van der Waals surface area contributed by atoms with Crippen molar-refractivity contribution >= 4 is 78.8 Å². The Morgan fingerprint density at radius 1 is 0.522 bits per heavy atom. The third-order valence-corrected chi connectivity index (χ3v) is 9.90. The first-order valence-corrected chi connectivity index (χ1v) is 16.0. The normalized spacial score (nSPS) is 13.2.